The van der Waals surface area contributed by atoms with Crippen molar-refractivity contribution in [2.45, 2.75) is 258 Å². The van der Waals surface area contributed by atoms with E-state index in [-0.39, 0.29) is 76.5 Å². The van der Waals surface area contributed by atoms with Crippen molar-refractivity contribution in [1.82, 2.24) is 58.2 Å². The van der Waals surface area contributed by atoms with E-state index in [1.54, 1.807) is 28.2 Å². The molecule has 0 radical (unpaired) electrons. The molecule has 0 amide bonds. The van der Waals surface area contributed by atoms with Crippen molar-refractivity contribution < 1.29 is 50.0 Å². The molecule has 0 fully saturated rings. The number of halogens is 2. The minimum atomic E-state index is -1.84. The second-order valence-corrected chi connectivity index (χ2v) is 56.1. The predicted molar refractivity (Wildman–Crippen MR) is 519 cm³/mol. The molecule has 12 rings (SSSR count). The third kappa shape index (κ3) is 25.8. The van der Waals surface area contributed by atoms with Crippen LogP contribution < -0.4 is 51.8 Å². The summed E-state index contributed by atoms with van der Waals surface area (Å²) < 4.78 is 23.0. The first-order valence-electron chi connectivity index (χ1n) is 42.8. The molecule has 660 valence electrons. The van der Waals surface area contributed by atoms with E-state index in [0.29, 0.717) is 58.1 Å². The summed E-state index contributed by atoms with van der Waals surface area (Å²) in [6, 6.07) is 32.1. The number of alkyl halides is 1. The number of H-pyrrole nitrogens is 2. The molecule has 0 saturated heterocycles. The Bertz CT molecular complexity index is 5760. The molecule has 0 unspecified atom stereocenters. The molecule has 0 spiro atoms. The number of fused-ring (bicyclic) bond motifs is 4. The van der Waals surface area contributed by atoms with Gasteiger partial charge in [-0.25, -0.2) is 18.7 Å². The van der Waals surface area contributed by atoms with E-state index in [0.717, 1.165) is 161 Å². The van der Waals surface area contributed by atoms with Gasteiger partial charge in [0, 0.05) is 92.9 Å². The largest absolute Gasteiger partial charge is 1.00 e. The Morgan fingerprint density at radius 2 is 0.689 bits per heavy atom. The maximum atomic E-state index is 13.2. The number of hydrogen-bond acceptors (Lipinski definition) is 12. The summed E-state index contributed by atoms with van der Waals surface area (Å²) in [6.07, 6.45) is 11.3. The van der Waals surface area contributed by atoms with Gasteiger partial charge in [0.05, 0.1) is 93.5 Å². The summed E-state index contributed by atoms with van der Waals surface area (Å²) in [4.78, 5) is 58.2. The van der Waals surface area contributed by atoms with Gasteiger partial charge < -0.3 is 39.6 Å². The fourth-order valence-electron chi connectivity index (χ4n) is 13.4. The smallest absolute Gasteiger partial charge is 1.00 e. The summed E-state index contributed by atoms with van der Waals surface area (Å²) in [5.41, 5.74) is 14.8. The predicted octanol–water partition coefficient (Wildman–Crippen LogP) is 19.3. The Balaban J connectivity index is 0.000000280. The Morgan fingerprint density at radius 3 is 0.959 bits per heavy atom. The molecule has 122 heavy (non-hydrogen) atoms. The number of aromatic nitrogens is 12. The standard InChI is InChI=1S/C26H39N3O2Si.C24H35N3O2Si.C20H25N3O2.C18H21N3O2.C6H15ClSi.C2H5Br.Na.H/c1-10-29-16-21-22(14-18(2)3)27-28(7)25(30)23(21)24(29)20-13-11-12-19(15-20)17-31-32(8,9)26(4,5)6;1-16(2)12-20-19-14-25-22(21(19)23(28)27(6)26-20)18-11-9-10-17(13-18)15-29-30(7,8)24(3,4)5;1-5-23-11-16-17(9-13(2)3)21-22(4)20(25)18(16)19(23)15-8-6-7-14(10-15)12-24;1-11(2)7-15-14-9-19-17(16(14)18(23)21(3)20-15)13-6-4-5-12(8-13)10-22;1-6(2,3)8(4,5)7;1-2-3;;/h11-13,15-16,18H,10,14,17H2,1-9H3;9-11,13-14,16,25H,12,15H2,1-8H3;6-8,10-11,13,24H,5,9,12H2,1-4H3;4-6,8-9,11,19,22H,7,10H2,1-3H3;1-5H3;2H2,1H3;;/q;;;;;;+1;-1. The van der Waals surface area contributed by atoms with E-state index < -0.39 is 24.0 Å². The molecular weight excluding hydrogens is 1670 g/mol. The zero-order valence-electron chi connectivity index (χ0n) is 80.2. The molecule has 4 aromatic carbocycles. The van der Waals surface area contributed by atoms with E-state index in [2.05, 4.69) is 269 Å². The van der Waals surface area contributed by atoms with E-state index in [4.69, 9.17) is 19.9 Å². The molecule has 0 atom stereocenters. The van der Waals surface area contributed by atoms with Gasteiger partial charge in [-0.05, 0) is 173 Å². The molecule has 8 heterocycles. The van der Waals surface area contributed by atoms with Gasteiger partial charge in [-0.3, -0.25) is 19.2 Å². The second kappa shape index (κ2) is 43.8. The van der Waals surface area contributed by atoms with Crippen LogP contribution in [0, 0.1) is 23.7 Å². The summed E-state index contributed by atoms with van der Waals surface area (Å²) in [5.74, 6) is 1.85. The van der Waals surface area contributed by atoms with Crippen LogP contribution in [0.25, 0.3) is 88.1 Å². The van der Waals surface area contributed by atoms with Crippen LogP contribution in [-0.2, 0) is 102 Å². The number of nitrogens with one attached hydrogen (secondary N) is 2. The molecular formula is C96H141BrClN12NaO8Si3. The molecule has 12 aromatic rings. The number of aliphatic hydroxyl groups is 2. The average Bonchev–Trinajstić information content (AvgIpc) is 1.58. The van der Waals surface area contributed by atoms with Gasteiger partial charge in [0.25, 0.3) is 22.2 Å². The minimum Gasteiger partial charge on any atom is -1.00 e. The molecule has 0 aliphatic rings. The van der Waals surface area contributed by atoms with E-state index >= 15 is 0 Å². The first-order chi connectivity index (χ1) is 56.4. The summed E-state index contributed by atoms with van der Waals surface area (Å²) >= 11 is 9.29. The quantitative estimate of drug-likeness (QED) is 0.0281. The van der Waals surface area contributed by atoms with Crippen LogP contribution in [0.3, 0.4) is 0 Å². The van der Waals surface area contributed by atoms with Crippen molar-refractivity contribution in [2.75, 3.05) is 5.33 Å². The number of rotatable bonds is 22. The number of aliphatic hydroxyl groups excluding tert-OH is 2. The summed E-state index contributed by atoms with van der Waals surface area (Å²) in [7, 11) is 1.83. The van der Waals surface area contributed by atoms with Crippen molar-refractivity contribution in [1.29, 1.82) is 0 Å². The van der Waals surface area contributed by atoms with Gasteiger partial charge >= 0.3 is 29.6 Å². The molecule has 0 aliphatic heterocycles. The normalized spacial score (nSPS) is 12.1. The van der Waals surface area contributed by atoms with Crippen molar-refractivity contribution in [3.05, 3.63) is 208 Å². The Kier molecular flexibility index (Phi) is 37.2. The Hall–Kier alpha value is -7.18. The average molecular weight is 1810 g/mol. The molecule has 26 heteroatoms. The monoisotopic (exact) mass is 1810 g/mol. The van der Waals surface area contributed by atoms with E-state index in [1.807, 2.05) is 86.2 Å². The number of hydrogen-bond donors (Lipinski definition) is 4. The zero-order valence-corrected chi connectivity index (χ0v) is 86.5. The van der Waals surface area contributed by atoms with Crippen LogP contribution in [0.5, 0.6) is 0 Å². The van der Waals surface area contributed by atoms with E-state index in [1.165, 1.54) is 18.7 Å². The molecule has 0 bridgehead atoms. The number of aromatic amines is 2. The first-order valence-corrected chi connectivity index (χ1v) is 53.8. The fourth-order valence-corrected chi connectivity index (χ4v) is 15.4. The van der Waals surface area contributed by atoms with Gasteiger partial charge in [0.1, 0.15) is 0 Å². The van der Waals surface area contributed by atoms with Gasteiger partial charge in [-0.2, -0.15) is 31.5 Å². The van der Waals surface area contributed by atoms with Crippen molar-refractivity contribution in [2.24, 2.45) is 51.9 Å². The van der Waals surface area contributed by atoms with Crippen molar-refractivity contribution in [3.8, 4) is 45.0 Å². The Morgan fingerprint density at radius 1 is 0.434 bits per heavy atom. The molecule has 4 N–H and O–H groups in total. The van der Waals surface area contributed by atoms with Crippen LogP contribution in [0.2, 0.25) is 54.4 Å². The fraction of sp³-hybridized carbons (Fsp3) is 0.500. The molecule has 20 nitrogen and oxygen atoms in total. The van der Waals surface area contributed by atoms with Crippen LogP contribution in [-0.4, -0.2) is 97.8 Å². The van der Waals surface area contributed by atoms with E-state index in [9.17, 15) is 29.4 Å². The maximum Gasteiger partial charge on any atom is 1.00 e. The van der Waals surface area contributed by atoms with Gasteiger partial charge in [0.2, 0.25) is 0 Å². The molecule has 8 aromatic heterocycles. The van der Waals surface area contributed by atoms with Crippen molar-refractivity contribution >= 4 is 94.1 Å². The number of aryl methyl sites for hydroxylation is 6. The maximum absolute atomic E-state index is 13.2. The topological polar surface area (TPSA) is 240 Å². The molecule has 0 saturated carbocycles. The van der Waals surface area contributed by atoms with Crippen LogP contribution in [0.4, 0.5) is 0 Å². The Labute approximate surface area is 764 Å². The summed E-state index contributed by atoms with van der Waals surface area (Å²) in [6.45, 7) is 59.8. The van der Waals surface area contributed by atoms with Gasteiger partial charge in [-0.15, -0.1) is 0 Å². The third-order valence-electron chi connectivity index (χ3n) is 23.2. The van der Waals surface area contributed by atoms with Gasteiger partial charge in [-0.1, -0.05) is 226 Å². The first kappa shape index (κ1) is 104. The molecule has 0 aliphatic carbocycles. The van der Waals surface area contributed by atoms with Crippen LogP contribution in [0.15, 0.2) is 141 Å². The van der Waals surface area contributed by atoms with Crippen LogP contribution >= 0.6 is 27.0 Å². The number of nitrogens with zero attached hydrogens (tertiary/aromatic N) is 10. The third-order valence-corrected chi connectivity index (χ3v) is 37.4. The minimum absolute atomic E-state index is 0. The van der Waals surface area contributed by atoms with Gasteiger partial charge in [0.15, 0.2) is 24.0 Å². The second-order valence-electron chi connectivity index (χ2n) is 38.1. The van der Waals surface area contributed by atoms with Crippen molar-refractivity contribution in [3.63, 3.8) is 0 Å². The van der Waals surface area contributed by atoms with Crippen LogP contribution in [0.1, 0.15) is 185 Å². The number of benzene rings is 4. The zero-order chi connectivity index (χ0) is 90.5. The SMILES string of the molecule is CC(C)(C)[Si](C)(C)Cl.CC(C)Cc1nn(C)c(=O)c2c(-c3cccc(CO)c3)[nH]cc12.CC(C)Cc1nn(C)c(=O)c2c(-c3cccc(CO[Si](C)(C)C(C)(C)C)c3)[nH]cc12.CCBr.CCn1cc2c(CC(C)C)nn(C)c(=O)c2c1-c1cccc(CO)c1.CCn1cc2c(CC(C)C)nn(C)c(=O)c2c1-c1cccc(CO[Si](C)(C)C(C)(C)C)c1.[H-].[Na+]. The summed E-state index contributed by atoms with van der Waals surface area (Å²) in [5, 5.41) is 45.1.